The maximum atomic E-state index is 12.9. The number of carbonyl (C=O) groups is 3. The first kappa shape index (κ1) is 70.8. The van der Waals surface area contributed by atoms with Gasteiger partial charge in [0.1, 0.15) is 13.2 Å². The summed E-state index contributed by atoms with van der Waals surface area (Å²) in [6, 6.07) is 0. The first-order chi connectivity index (χ1) is 37.0. The molecule has 1 atom stereocenters. The summed E-state index contributed by atoms with van der Waals surface area (Å²) >= 11 is 0. The minimum absolute atomic E-state index is 0.0990. The zero-order chi connectivity index (χ0) is 54.3. The Morgan fingerprint density at radius 1 is 0.280 bits per heavy atom. The molecule has 0 aliphatic carbocycles. The maximum absolute atomic E-state index is 12.9. The van der Waals surface area contributed by atoms with Crippen LogP contribution in [0.1, 0.15) is 278 Å². The highest BCUT2D eigenvalue weighted by Crippen LogP contribution is 2.15. The molecule has 0 N–H and O–H groups in total. The van der Waals surface area contributed by atoms with E-state index >= 15 is 0 Å². The third-order valence-corrected chi connectivity index (χ3v) is 13.0. The van der Waals surface area contributed by atoms with Crippen molar-refractivity contribution in [1.29, 1.82) is 0 Å². The molecule has 0 amide bonds. The first-order valence-electron chi connectivity index (χ1n) is 31.0. The standard InChI is InChI=1S/C69H114O6/c1-4-7-10-13-16-19-22-25-27-28-29-30-31-32-33-34-35-36-37-38-39-40-42-44-47-50-53-56-59-62-68(71)74-65-66(64-73-67(70)61-58-55-52-49-46-43-24-21-18-15-12-9-6-3)75-69(72)63-60-57-54-51-48-45-41-26-23-20-17-14-11-8-5-2/h7,10,16,19,25-27,29-30,32-33,35-36,38-39,41-42,44,50,53,66H,4-6,8-9,11-15,17-18,20-24,28,31,34,37,40,43,45-49,51-52,54-65H2,1-3H3/b10-7-,19-16-,27-25-,30-29-,33-32-,36-35-,39-38-,41-26-,44-42-,53-50-. The Bertz CT molecular complexity index is 1570. The van der Waals surface area contributed by atoms with Gasteiger partial charge in [0.05, 0.1) is 0 Å². The molecule has 75 heavy (non-hydrogen) atoms. The average Bonchev–Trinajstić information content (AvgIpc) is 3.41. The van der Waals surface area contributed by atoms with Gasteiger partial charge in [-0.2, -0.15) is 0 Å². The molecule has 0 aliphatic rings. The number of rotatable bonds is 55. The third kappa shape index (κ3) is 60.6. The molecule has 0 radical (unpaired) electrons. The molecule has 0 bridgehead atoms. The monoisotopic (exact) mass is 1040 g/mol. The largest absolute Gasteiger partial charge is 0.462 e. The normalized spacial score (nSPS) is 12.9. The van der Waals surface area contributed by atoms with Gasteiger partial charge >= 0.3 is 17.9 Å². The summed E-state index contributed by atoms with van der Waals surface area (Å²) in [5.41, 5.74) is 0. The van der Waals surface area contributed by atoms with Crippen LogP contribution < -0.4 is 0 Å². The molecule has 0 aromatic carbocycles. The number of esters is 3. The Kier molecular flexibility index (Phi) is 58.9. The highest BCUT2D eigenvalue weighted by molar-refractivity contribution is 5.71. The van der Waals surface area contributed by atoms with Crippen molar-refractivity contribution in [3.05, 3.63) is 122 Å². The molecular formula is C69H114O6. The van der Waals surface area contributed by atoms with Gasteiger partial charge in [0.25, 0.3) is 0 Å². The van der Waals surface area contributed by atoms with E-state index in [1.54, 1.807) is 0 Å². The van der Waals surface area contributed by atoms with E-state index in [1.165, 1.54) is 116 Å². The molecular weight excluding hydrogens is 925 g/mol. The van der Waals surface area contributed by atoms with Gasteiger partial charge in [-0.25, -0.2) is 0 Å². The summed E-state index contributed by atoms with van der Waals surface area (Å²) in [6.07, 6.45) is 86.3. The maximum Gasteiger partial charge on any atom is 0.306 e. The van der Waals surface area contributed by atoms with Crippen molar-refractivity contribution in [1.82, 2.24) is 0 Å². The van der Waals surface area contributed by atoms with Crippen molar-refractivity contribution < 1.29 is 28.6 Å². The van der Waals surface area contributed by atoms with Crippen LogP contribution >= 0.6 is 0 Å². The number of unbranched alkanes of at least 4 members (excludes halogenated alkanes) is 24. The summed E-state index contributed by atoms with van der Waals surface area (Å²) in [4.78, 5) is 38.2. The fourth-order valence-corrected chi connectivity index (χ4v) is 8.32. The van der Waals surface area contributed by atoms with Gasteiger partial charge < -0.3 is 14.2 Å². The zero-order valence-electron chi connectivity index (χ0n) is 48.8. The minimum Gasteiger partial charge on any atom is -0.462 e. The number of hydrogen-bond donors (Lipinski definition) is 0. The molecule has 0 aromatic heterocycles. The predicted octanol–water partition coefficient (Wildman–Crippen LogP) is 21.2. The summed E-state index contributed by atoms with van der Waals surface area (Å²) < 4.78 is 16.8. The SMILES string of the molecule is CC/C=C\C/C=C\C/C=C\C/C=C\C/C=C\C/C=C\C/C=C\C/C=C\C/C=C\CCCC(=O)OCC(COC(=O)CCCCCCCCCCCCCCC)OC(=O)CCCCCCC/C=C\CCCCCCCC. The smallest absolute Gasteiger partial charge is 0.306 e. The molecule has 426 valence electrons. The number of hydrogen-bond acceptors (Lipinski definition) is 6. The van der Waals surface area contributed by atoms with Crippen LogP contribution in [0, 0.1) is 0 Å². The van der Waals surface area contributed by atoms with Gasteiger partial charge in [0, 0.05) is 19.3 Å². The lowest BCUT2D eigenvalue weighted by Crippen LogP contribution is -2.30. The van der Waals surface area contributed by atoms with E-state index in [0.717, 1.165) is 116 Å². The van der Waals surface area contributed by atoms with Crippen LogP contribution in [0.3, 0.4) is 0 Å². The molecule has 0 fully saturated rings. The fraction of sp³-hybridized carbons (Fsp3) is 0.667. The van der Waals surface area contributed by atoms with Gasteiger partial charge in [-0.15, -0.1) is 0 Å². The molecule has 0 rings (SSSR count). The zero-order valence-corrected chi connectivity index (χ0v) is 48.8. The molecule has 0 saturated carbocycles. The summed E-state index contributed by atoms with van der Waals surface area (Å²) in [7, 11) is 0. The van der Waals surface area contributed by atoms with Crippen molar-refractivity contribution in [2.24, 2.45) is 0 Å². The molecule has 6 nitrogen and oxygen atoms in total. The van der Waals surface area contributed by atoms with Crippen molar-refractivity contribution in [3.8, 4) is 0 Å². The Balaban J connectivity index is 4.42. The fourth-order valence-electron chi connectivity index (χ4n) is 8.32. The van der Waals surface area contributed by atoms with Gasteiger partial charge in [-0.05, 0) is 109 Å². The van der Waals surface area contributed by atoms with E-state index < -0.39 is 6.10 Å². The van der Waals surface area contributed by atoms with Crippen LogP contribution in [0.25, 0.3) is 0 Å². The van der Waals surface area contributed by atoms with E-state index in [-0.39, 0.29) is 37.5 Å². The summed E-state index contributed by atoms with van der Waals surface area (Å²) in [5.74, 6) is -0.967. The highest BCUT2D eigenvalue weighted by Gasteiger charge is 2.19. The number of allylic oxidation sites excluding steroid dienone is 20. The molecule has 1 unspecified atom stereocenters. The quantitative estimate of drug-likeness (QED) is 0.0261. The molecule has 0 saturated heterocycles. The highest BCUT2D eigenvalue weighted by atomic mass is 16.6. The lowest BCUT2D eigenvalue weighted by molar-refractivity contribution is -0.167. The van der Waals surface area contributed by atoms with Crippen molar-refractivity contribution >= 4 is 17.9 Å². The van der Waals surface area contributed by atoms with Gasteiger partial charge in [-0.1, -0.05) is 271 Å². The molecule has 0 heterocycles. The molecule has 0 spiro atoms. The van der Waals surface area contributed by atoms with Crippen LogP contribution in [0.15, 0.2) is 122 Å². The van der Waals surface area contributed by atoms with Gasteiger partial charge in [-0.3, -0.25) is 14.4 Å². The van der Waals surface area contributed by atoms with Crippen LogP contribution in [0.5, 0.6) is 0 Å². The van der Waals surface area contributed by atoms with Crippen LogP contribution in [-0.2, 0) is 28.6 Å². The Morgan fingerprint density at radius 3 is 0.880 bits per heavy atom. The van der Waals surface area contributed by atoms with Crippen molar-refractivity contribution in [3.63, 3.8) is 0 Å². The second kappa shape index (κ2) is 62.4. The first-order valence-corrected chi connectivity index (χ1v) is 31.0. The minimum atomic E-state index is -0.807. The van der Waals surface area contributed by atoms with E-state index in [0.29, 0.717) is 19.3 Å². The third-order valence-electron chi connectivity index (χ3n) is 13.0. The van der Waals surface area contributed by atoms with Crippen molar-refractivity contribution in [2.75, 3.05) is 13.2 Å². The van der Waals surface area contributed by atoms with Crippen LogP contribution in [0.2, 0.25) is 0 Å². The van der Waals surface area contributed by atoms with Crippen LogP contribution in [-0.4, -0.2) is 37.2 Å². The van der Waals surface area contributed by atoms with E-state index in [2.05, 4.69) is 142 Å². The number of ether oxygens (including phenoxy) is 3. The second-order valence-electron chi connectivity index (χ2n) is 20.2. The lowest BCUT2D eigenvalue weighted by Gasteiger charge is -2.18. The Hall–Kier alpha value is -4.19. The van der Waals surface area contributed by atoms with Gasteiger partial charge in [0.15, 0.2) is 6.10 Å². The summed E-state index contributed by atoms with van der Waals surface area (Å²) in [5, 5.41) is 0. The van der Waals surface area contributed by atoms with Crippen molar-refractivity contribution in [2.45, 2.75) is 284 Å². The summed E-state index contributed by atoms with van der Waals surface area (Å²) in [6.45, 7) is 6.47. The van der Waals surface area contributed by atoms with Crippen LogP contribution in [0.4, 0.5) is 0 Å². The molecule has 0 aliphatic heterocycles. The lowest BCUT2D eigenvalue weighted by atomic mass is 10.0. The van der Waals surface area contributed by atoms with Gasteiger partial charge in [0.2, 0.25) is 0 Å². The van der Waals surface area contributed by atoms with E-state index in [4.69, 9.17) is 14.2 Å². The number of carbonyl (C=O) groups excluding carboxylic acids is 3. The average molecular weight is 1040 g/mol. The van der Waals surface area contributed by atoms with E-state index in [9.17, 15) is 14.4 Å². The second-order valence-corrected chi connectivity index (χ2v) is 20.2. The Morgan fingerprint density at radius 2 is 0.533 bits per heavy atom. The molecule has 0 aromatic rings. The predicted molar refractivity (Wildman–Crippen MR) is 325 cm³/mol. The Labute approximate surface area is 462 Å². The van der Waals surface area contributed by atoms with E-state index in [1.807, 2.05) is 0 Å². The molecule has 6 heteroatoms. The topological polar surface area (TPSA) is 78.9 Å².